The number of carbonyl (C=O) groups excluding carboxylic acids is 1. The molecule has 0 unspecified atom stereocenters. The molecule has 2 aliphatic heterocycles. The molecule has 1 aromatic carbocycles. The number of nitrogens with zero attached hydrogens (tertiary/aromatic N) is 4. The number of methoxy groups -OCH3 is 1. The van der Waals surface area contributed by atoms with Crippen LogP contribution in [0, 0.1) is 6.92 Å². The lowest BCUT2D eigenvalue weighted by Gasteiger charge is -2.38. The molecular weight excluding hydrogens is 495 g/mol. The van der Waals surface area contributed by atoms with E-state index in [-0.39, 0.29) is 53.9 Å². The van der Waals surface area contributed by atoms with Crippen molar-refractivity contribution >= 4 is 18.3 Å². The molecule has 1 N–H and O–H groups in total. The van der Waals surface area contributed by atoms with Crippen LogP contribution in [0.5, 0.6) is 5.75 Å². The van der Waals surface area contributed by atoms with Crippen LogP contribution < -0.4 is 10.1 Å². The lowest BCUT2D eigenvalue weighted by Crippen LogP contribution is -2.50. The molecule has 198 valence electrons. The average Bonchev–Trinajstić information content (AvgIpc) is 3.50. The fourth-order valence-corrected chi connectivity index (χ4v) is 4.75. The minimum atomic E-state index is -4.84. The third-order valence-electron chi connectivity index (χ3n) is 6.62. The van der Waals surface area contributed by atoms with Crippen molar-refractivity contribution in [3.63, 3.8) is 0 Å². The van der Waals surface area contributed by atoms with Gasteiger partial charge in [-0.25, -0.2) is 0 Å². The molecule has 0 spiro atoms. The van der Waals surface area contributed by atoms with Crippen molar-refractivity contribution in [1.29, 1.82) is 0 Å². The van der Waals surface area contributed by atoms with Gasteiger partial charge in [-0.1, -0.05) is 12.1 Å². The number of nitrogens with one attached hydrogen (secondary N) is 1. The van der Waals surface area contributed by atoms with Gasteiger partial charge in [-0.3, -0.25) is 14.4 Å². The molecule has 1 aliphatic carbocycles. The monoisotopic (exact) mass is 538 g/mol. The number of rotatable bonds is 6. The zero-order valence-corrected chi connectivity index (χ0v) is 20.0. The van der Waals surface area contributed by atoms with Crippen LogP contribution in [0.4, 0.5) is 13.2 Å². The van der Waals surface area contributed by atoms with Crippen molar-refractivity contribution in [1.82, 2.24) is 24.9 Å². The van der Waals surface area contributed by atoms with Crippen LogP contribution in [0.3, 0.4) is 0 Å². The second-order valence-corrected chi connectivity index (χ2v) is 8.81. The number of benzene rings is 1. The second-order valence-electron chi connectivity index (χ2n) is 8.81. The third kappa shape index (κ3) is 5.21. The maximum absolute atomic E-state index is 14.0. The first-order valence-electron chi connectivity index (χ1n) is 16.7. The Morgan fingerprint density at radius 2 is 2.03 bits per heavy atom. The Kier molecular flexibility index (Phi) is 4.66. The molecule has 2 saturated heterocycles. The predicted molar refractivity (Wildman–Crippen MR) is 131 cm³/mol. The summed E-state index contributed by atoms with van der Waals surface area (Å²) in [5.74, 6) is -1.23. The minimum absolute atomic E-state index is 0. The van der Waals surface area contributed by atoms with Crippen LogP contribution in [0.25, 0.3) is 0 Å². The first kappa shape index (κ1) is 15.8. The van der Waals surface area contributed by atoms with E-state index in [1.54, 1.807) is 5.32 Å². The normalized spacial score (nSPS) is 33.4. The van der Waals surface area contributed by atoms with Crippen LogP contribution >= 0.6 is 12.4 Å². The summed E-state index contributed by atoms with van der Waals surface area (Å²) < 4.78 is 138. The van der Waals surface area contributed by atoms with Gasteiger partial charge in [0.15, 0.2) is 0 Å². The molecule has 0 bridgehead atoms. The van der Waals surface area contributed by atoms with Crippen molar-refractivity contribution in [3.8, 4) is 5.75 Å². The zero-order valence-electron chi connectivity index (χ0n) is 30.2. The number of ether oxygens (including phenoxy) is 1. The van der Waals surface area contributed by atoms with Gasteiger partial charge in [0.1, 0.15) is 18.0 Å². The molecule has 1 amide bonds. The molecule has 3 aliphatic rings. The van der Waals surface area contributed by atoms with Gasteiger partial charge in [0.05, 0.1) is 22.9 Å². The molecule has 5 rings (SSSR count). The number of aromatic nitrogens is 2. The van der Waals surface area contributed by atoms with Gasteiger partial charge in [-0.2, -0.15) is 18.3 Å². The number of piperazine rings is 1. The number of alkyl halides is 3. The van der Waals surface area contributed by atoms with Crippen LogP contribution in [0.2, 0.25) is 0 Å². The second kappa shape index (κ2) is 10.6. The van der Waals surface area contributed by atoms with E-state index in [1.807, 2.05) is 0 Å². The number of likely N-dealkylation sites (tertiary alicyclic amines) is 1. The Labute approximate surface area is 230 Å². The van der Waals surface area contributed by atoms with E-state index in [0.29, 0.717) is 22.4 Å². The van der Waals surface area contributed by atoms with Crippen LogP contribution in [-0.2, 0) is 17.5 Å². The number of carbonyl (C=O) groups is 1. The van der Waals surface area contributed by atoms with Crippen LogP contribution in [0.1, 0.15) is 68.8 Å². The lowest BCUT2D eigenvalue weighted by atomic mass is 9.94. The van der Waals surface area contributed by atoms with E-state index in [2.05, 4.69) is 5.10 Å². The van der Waals surface area contributed by atoms with Crippen LogP contribution in [-0.4, -0.2) is 71.1 Å². The van der Waals surface area contributed by atoms with E-state index >= 15 is 0 Å². The highest BCUT2D eigenvalue weighted by atomic mass is 35.5. The van der Waals surface area contributed by atoms with Crippen molar-refractivity contribution in [3.05, 3.63) is 46.8 Å². The van der Waals surface area contributed by atoms with E-state index in [1.165, 1.54) is 25.1 Å². The van der Waals surface area contributed by atoms with Crippen LogP contribution in [0.15, 0.2) is 24.3 Å². The molecule has 3 fully saturated rings. The third-order valence-corrected chi connectivity index (χ3v) is 6.62. The van der Waals surface area contributed by atoms with Gasteiger partial charge in [0, 0.05) is 55.5 Å². The summed E-state index contributed by atoms with van der Waals surface area (Å²) in [6, 6.07) is 2.13. The molecule has 2 aromatic rings. The fourth-order valence-electron chi connectivity index (χ4n) is 4.75. The summed E-state index contributed by atoms with van der Waals surface area (Å²) in [5.41, 5.74) is -0.691. The van der Waals surface area contributed by atoms with E-state index in [4.69, 9.17) is 19.8 Å². The number of halogens is 4. The maximum atomic E-state index is 14.0. The van der Waals surface area contributed by atoms with Crippen molar-refractivity contribution < 1.29 is 37.8 Å². The molecule has 11 heteroatoms. The first-order chi connectivity index (χ1) is 20.9. The summed E-state index contributed by atoms with van der Waals surface area (Å²) in [6.07, 6.45) is -3.78. The highest BCUT2D eigenvalue weighted by molar-refractivity contribution is 5.85. The molecule has 36 heavy (non-hydrogen) atoms. The largest absolute Gasteiger partial charge is 0.496 e. The summed E-state index contributed by atoms with van der Waals surface area (Å²) in [7, 11) is -2.90. The highest BCUT2D eigenvalue weighted by Crippen LogP contribution is 2.42. The van der Waals surface area contributed by atoms with Gasteiger partial charge >= 0.3 is 6.18 Å². The van der Waals surface area contributed by atoms with Gasteiger partial charge in [-0.05, 0) is 49.4 Å². The zero-order chi connectivity index (χ0) is 34.4. The van der Waals surface area contributed by atoms with Crippen molar-refractivity contribution in [2.45, 2.75) is 56.9 Å². The fraction of sp³-hybridized carbons (Fsp3) is 0.600. The van der Waals surface area contributed by atoms with Gasteiger partial charge < -0.3 is 15.0 Å². The average molecular weight is 539 g/mol. The maximum Gasteiger partial charge on any atom is 0.433 e. The molecule has 0 radical (unpaired) electrons. The lowest BCUT2D eigenvalue weighted by molar-refractivity contribution is -0.146. The Morgan fingerprint density at radius 3 is 2.69 bits per heavy atom. The molecule has 1 aromatic heterocycles. The molecule has 2 atom stereocenters. The van der Waals surface area contributed by atoms with Gasteiger partial charge in [-0.15, -0.1) is 12.4 Å². The molecular formula is C25H33ClF3N5O2. The summed E-state index contributed by atoms with van der Waals surface area (Å²) in [5, 5.41) is 5.81. The van der Waals surface area contributed by atoms with E-state index in [0.717, 1.165) is 11.0 Å². The molecule has 1 saturated carbocycles. The van der Waals surface area contributed by atoms with E-state index in [9.17, 15) is 18.0 Å². The highest BCUT2D eigenvalue weighted by Gasteiger charge is 2.44. The quantitative estimate of drug-likeness (QED) is 0.607. The van der Waals surface area contributed by atoms with Gasteiger partial charge in [0.25, 0.3) is 0 Å². The first-order valence-corrected chi connectivity index (χ1v) is 11.2. The number of hydrogen-bond donors (Lipinski definition) is 1. The Balaban J connectivity index is 0.00000500. The Morgan fingerprint density at radius 1 is 1.28 bits per heavy atom. The summed E-state index contributed by atoms with van der Waals surface area (Å²) >= 11 is 0. The summed E-state index contributed by atoms with van der Waals surface area (Å²) in [6.45, 7) is -12.5. The number of hydrogen-bond acceptors (Lipinski definition) is 5. The predicted octanol–water partition coefficient (Wildman–Crippen LogP) is 3.77. The summed E-state index contributed by atoms with van der Waals surface area (Å²) in [4.78, 5) is 15.4. The smallest absolute Gasteiger partial charge is 0.433 e. The Hall–Kier alpha value is -2.30. The molecule has 7 nitrogen and oxygen atoms in total. The topological polar surface area (TPSA) is 62.6 Å². The minimum Gasteiger partial charge on any atom is -0.496 e. The Bertz CT molecular complexity index is 1490. The van der Waals surface area contributed by atoms with Crippen molar-refractivity contribution in [2.75, 3.05) is 39.6 Å². The van der Waals surface area contributed by atoms with E-state index < -0.39 is 69.4 Å². The standard InChI is InChI=1S/C25H32F3N5O2.ClH/c1-16-18(4-3-5-21(16)35-2)24-20(31-12-9-29-10-13-31)8-11-32(24)23(34)15-33-22(25(26,27)28)14-19(30-33)17-6-7-17;/h3-5,14,17,20,24,29H,6-13,15H2,1-2H3;1H/t20-,24-;/m1./s1/i2D3,9D2,10D2,12D2,13D2;. The van der Waals surface area contributed by atoms with Crippen molar-refractivity contribution in [2.24, 2.45) is 0 Å². The molecule has 3 heterocycles. The van der Waals surface area contributed by atoms with Gasteiger partial charge in [0.2, 0.25) is 5.91 Å². The number of amides is 1. The SMILES string of the molecule is Cl.[2H]C([2H])([2H])Oc1cccc([C@@H]2[C@H](N3C([2H])([2H])C([2H])([2H])NC([2H])([2H])C3([2H])[2H])CCN2C(=O)Cn2nc(C3CC3)cc2C(F)(F)F)c1C.